The molecule has 24 heavy (non-hydrogen) atoms. The fraction of sp³-hybridized carbons (Fsp3) is 0.353. The van der Waals surface area contributed by atoms with Gasteiger partial charge in [0, 0.05) is 11.8 Å². The molecule has 3 aromatic rings. The van der Waals surface area contributed by atoms with Crippen LogP contribution in [0.15, 0.2) is 41.2 Å². The second-order valence-electron chi connectivity index (χ2n) is 6.10. The van der Waals surface area contributed by atoms with E-state index in [4.69, 9.17) is 4.52 Å². The van der Waals surface area contributed by atoms with Gasteiger partial charge in [-0.15, -0.1) is 0 Å². The summed E-state index contributed by atoms with van der Waals surface area (Å²) in [6.45, 7) is 2.63. The van der Waals surface area contributed by atoms with Crippen molar-refractivity contribution in [1.29, 1.82) is 0 Å². The normalized spacial score (nSPS) is 16.5. The number of hydrogen-bond donors (Lipinski definition) is 1. The third-order valence-electron chi connectivity index (χ3n) is 4.51. The molecule has 6 nitrogen and oxygen atoms in total. The number of nitrogens with zero attached hydrogens (tertiary/aromatic N) is 4. The van der Waals surface area contributed by atoms with E-state index in [1.54, 1.807) is 12.1 Å². The quantitative estimate of drug-likeness (QED) is 0.798. The second-order valence-corrected chi connectivity index (χ2v) is 6.10. The molecule has 3 heterocycles. The summed E-state index contributed by atoms with van der Waals surface area (Å²) in [6, 6.07) is 6.10. The van der Waals surface area contributed by atoms with Gasteiger partial charge in [-0.2, -0.15) is 10.1 Å². The Kier molecular flexibility index (Phi) is 4.08. The van der Waals surface area contributed by atoms with Crippen LogP contribution in [-0.2, 0) is 6.54 Å². The van der Waals surface area contributed by atoms with E-state index in [9.17, 15) is 4.39 Å². The number of halogens is 1. The highest BCUT2D eigenvalue weighted by molar-refractivity contribution is 5.53. The average molecular weight is 327 g/mol. The minimum Gasteiger partial charge on any atom is -0.338 e. The molecule has 1 N–H and O–H groups in total. The molecule has 0 saturated carbocycles. The first-order valence-electron chi connectivity index (χ1n) is 8.07. The molecule has 1 fully saturated rings. The van der Waals surface area contributed by atoms with Gasteiger partial charge < -0.3 is 4.52 Å². The van der Waals surface area contributed by atoms with Gasteiger partial charge in [-0.1, -0.05) is 5.16 Å². The number of nitrogens with one attached hydrogen (secondary N) is 1. The van der Waals surface area contributed by atoms with E-state index in [1.807, 2.05) is 12.4 Å². The summed E-state index contributed by atoms with van der Waals surface area (Å²) < 4.78 is 18.3. The summed E-state index contributed by atoms with van der Waals surface area (Å²) in [5.41, 5.74) is 2.04. The van der Waals surface area contributed by atoms with E-state index in [0.717, 1.165) is 31.5 Å². The number of aromatic amines is 1. The minimum absolute atomic E-state index is 0.275. The molecule has 1 saturated heterocycles. The molecule has 0 spiro atoms. The van der Waals surface area contributed by atoms with Crippen molar-refractivity contribution in [2.75, 3.05) is 13.1 Å². The molecule has 1 aromatic carbocycles. The van der Waals surface area contributed by atoms with Crippen LogP contribution in [0.5, 0.6) is 0 Å². The molecule has 4 rings (SSSR count). The maximum Gasteiger partial charge on any atom is 0.241 e. The summed E-state index contributed by atoms with van der Waals surface area (Å²) in [4.78, 5) is 6.73. The van der Waals surface area contributed by atoms with E-state index < -0.39 is 0 Å². The predicted molar refractivity (Wildman–Crippen MR) is 85.5 cm³/mol. The van der Waals surface area contributed by atoms with Crippen LogP contribution < -0.4 is 0 Å². The molecule has 0 unspecified atom stereocenters. The topological polar surface area (TPSA) is 70.8 Å². The molecule has 0 atom stereocenters. The zero-order valence-corrected chi connectivity index (χ0v) is 13.2. The molecule has 0 amide bonds. The Balaban J connectivity index is 1.36. The zero-order valence-electron chi connectivity index (χ0n) is 13.2. The monoisotopic (exact) mass is 327 g/mol. The van der Waals surface area contributed by atoms with Crippen LogP contribution in [0.2, 0.25) is 0 Å². The first-order chi connectivity index (χ1) is 11.8. The van der Waals surface area contributed by atoms with Gasteiger partial charge >= 0.3 is 0 Å². The Morgan fingerprint density at radius 2 is 2.00 bits per heavy atom. The number of hydrogen-bond acceptors (Lipinski definition) is 5. The van der Waals surface area contributed by atoms with E-state index in [1.165, 1.54) is 17.7 Å². The van der Waals surface area contributed by atoms with Crippen LogP contribution in [0.25, 0.3) is 11.4 Å². The fourth-order valence-electron chi connectivity index (χ4n) is 3.14. The number of piperidine rings is 1. The molecule has 0 bridgehead atoms. The molecular formula is C17H18FN5O. The average Bonchev–Trinajstić information content (AvgIpc) is 3.28. The van der Waals surface area contributed by atoms with E-state index in [-0.39, 0.29) is 5.82 Å². The maximum atomic E-state index is 13.0. The summed E-state index contributed by atoms with van der Waals surface area (Å²) in [5, 5.41) is 10.9. The van der Waals surface area contributed by atoms with Crippen molar-refractivity contribution in [3.05, 3.63) is 53.9 Å². The van der Waals surface area contributed by atoms with Crippen molar-refractivity contribution in [2.24, 2.45) is 0 Å². The lowest BCUT2D eigenvalue weighted by atomic mass is 9.92. The molecular weight excluding hydrogens is 309 g/mol. The van der Waals surface area contributed by atoms with Crippen LogP contribution in [0.1, 0.15) is 30.2 Å². The van der Waals surface area contributed by atoms with Gasteiger partial charge in [-0.05, 0) is 61.7 Å². The number of aromatic nitrogens is 4. The Bertz CT molecular complexity index is 776. The minimum atomic E-state index is -0.275. The number of rotatable bonds is 4. The molecule has 124 valence electrons. The molecule has 0 aliphatic carbocycles. The first kappa shape index (κ1) is 15.0. The van der Waals surface area contributed by atoms with Crippen LogP contribution in [0.4, 0.5) is 4.39 Å². The van der Waals surface area contributed by atoms with Gasteiger partial charge in [-0.3, -0.25) is 10.00 Å². The third-order valence-corrected chi connectivity index (χ3v) is 4.51. The largest absolute Gasteiger partial charge is 0.338 e. The van der Waals surface area contributed by atoms with Crippen LogP contribution in [0.3, 0.4) is 0 Å². The predicted octanol–water partition coefficient (Wildman–Crippen LogP) is 2.98. The van der Waals surface area contributed by atoms with E-state index in [0.29, 0.717) is 24.2 Å². The van der Waals surface area contributed by atoms with Gasteiger partial charge in [-0.25, -0.2) is 4.39 Å². The lowest BCUT2D eigenvalue weighted by Gasteiger charge is -2.30. The smallest absolute Gasteiger partial charge is 0.241 e. The van der Waals surface area contributed by atoms with Crippen molar-refractivity contribution in [1.82, 2.24) is 25.2 Å². The standard InChI is InChI=1S/C17H18FN5O/c18-15-3-1-13(2-4-15)17-21-16(24-22-17)11-23-7-5-12(6-8-23)14-9-19-20-10-14/h1-4,9-10,12H,5-8,11H2,(H,19,20). The summed E-state index contributed by atoms with van der Waals surface area (Å²) in [5.74, 6) is 1.38. The molecule has 0 radical (unpaired) electrons. The fourth-order valence-corrected chi connectivity index (χ4v) is 3.14. The van der Waals surface area contributed by atoms with Crippen LogP contribution in [0, 0.1) is 5.82 Å². The third kappa shape index (κ3) is 3.21. The first-order valence-corrected chi connectivity index (χ1v) is 8.07. The highest BCUT2D eigenvalue weighted by Gasteiger charge is 2.22. The van der Waals surface area contributed by atoms with Crippen molar-refractivity contribution < 1.29 is 8.91 Å². The second kappa shape index (κ2) is 6.52. The Hall–Kier alpha value is -2.54. The lowest BCUT2D eigenvalue weighted by molar-refractivity contribution is 0.181. The highest BCUT2D eigenvalue weighted by Crippen LogP contribution is 2.27. The molecule has 1 aliphatic rings. The Labute approximate surface area is 138 Å². The highest BCUT2D eigenvalue weighted by atomic mass is 19.1. The van der Waals surface area contributed by atoms with Gasteiger partial charge in [0.25, 0.3) is 0 Å². The SMILES string of the molecule is Fc1ccc(-c2noc(CN3CCC(c4cn[nH]c4)CC3)n2)cc1. The van der Waals surface area contributed by atoms with E-state index in [2.05, 4.69) is 25.2 Å². The summed E-state index contributed by atoms with van der Waals surface area (Å²) >= 11 is 0. The molecule has 2 aromatic heterocycles. The summed E-state index contributed by atoms with van der Waals surface area (Å²) in [6.07, 6.45) is 6.08. The molecule has 1 aliphatic heterocycles. The zero-order chi connectivity index (χ0) is 16.4. The summed E-state index contributed by atoms with van der Waals surface area (Å²) in [7, 11) is 0. The number of H-pyrrole nitrogens is 1. The van der Waals surface area contributed by atoms with Crippen molar-refractivity contribution >= 4 is 0 Å². The van der Waals surface area contributed by atoms with Gasteiger partial charge in [0.2, 0.25) is 11.7 Å². The number of likely N-dealkylation sites (tertiary alicyclic amines) is 1. The lowest BCUT2D eigenvalue weighted by Crippen LogP contribution is -2.32. The van der Waals surface area contributed by atoms with Gasteiger partial charge in [0.1, 0.15) is 5.82 Å². The van der Waals surface area contributed by atoms with Crippen molar-refractivity contribution in [2.45, 2.75) is 25.3 Å². The van der Waals surface area contributed by atoms with E-state index >= 15 is 0 Å². The number of benzene rings is 1. The van der Waals surface area contributed by atoms with Crippen molar-refractivity contribution in [3.8, 4) is 11.4 Å². The van der Waals surface area contributed by atoms with Gasteiger partial charge in [0.15, 0.2) is 0 Å². The Morgan fingerprint density at radius 1 is 1.21 bits per heavy atom. The Morgan fingerprint density at radius 3 is 2.71 bits per heavy atom. The van der Waals surface area contributed by atoms with Gasteiger partial charge in [0.05, 0.1) is 12.7 Å². The van der Waals surface area contributed by atoms with Crippen molar-refractivity contribution in [3.63, 3.8) is 0 Å². The molecule has 7 heteroatoms. The van der Waals surface area contributed by atoms with Crippen LogP contribution >= 0.6 is 0 Å². The maximum absolute atomic E-state index is 13.0. The van der Waals surface area contributed by atoms with Crippen LogP contribution in [-0.4, -0.2) is 38.3 Å².